The summed E-state index contributed by atoms with van der Waals surface area (Å²) in [4.78, 5) is 0. The summed E-state index contributed by atoms with van der Waals surface area (Å²) in [6, 6.07) is 0. The van der Waals surface area contributed by atoms with Crippen LogP contribution >= 0.6 is 0 Å². The Hall–Kier alpha value is -0.850. The predicted octanol–water partition coefficient (Wildman–Crippen LogP) is 2.51. The fourth-order valence-electron chi connectivity index (χ4n) is 2.51. The molecule has 0 aliphatic heterocycles. The Morgan fingerprint density at radius 3 is 2.00 bits per heavy atom. The fraction of sp³-hybridized carbons (Fsp3) is 0.583. The van der Waals surface area contributed by atoms with Crippen LogP contribution in [0.3, 0.4) is 0 Å². The van der Waals surface area contributed by atoms with Crippen LogP contribution in [0.25, 0.3) is 0 Å². The molecule has 0 heterocycles. The third kappa shape index (κ3) is 0.903. The van der Waals surface area contributed by atoms with Gasteiger partial charge in [-0.05, 0) is 11.3 Å². The first-order chi connectivity index (χ1) is 6.04. The van der Waals surface area contributed by atoms with Crippen molar-refractivity contribution in [2.75, 3.05) is 7.11 Å². The summed E-state index contributed by atoms with van der Waals surface area (Å²) >= 11 is 0. The van der Waals surface area contributed by atoms with E-state index in [1.807, 2.05) is 0 Å². The lowest BCUT2D eigenvalue weighted by Crippen LogP contribution is -2.08. The molecule has 1 heteroatoms. The first kappa shape index (κ1) is 8.74. The third-order valence-electron chi connectivity index (χ3n) is 4.11. The Labute approximate surface area is 79.8 Å². The molecule has 1 atom stereocenters. The SMILES string of the molecule is C[O+]=C1C=CC2(C=C1)C(C)C2(C)C. The highest BCUT2D eigenvalue weighted by Crippen LogP contribution is 2.70. The van der Waals surface area contributed by atoms with Gasteiger partial charge in [0.15, 0.2) is 0 Å². The van der Waals surface area contributed by atoms with Gasteiger partial charge in [-0.15, -0.1) is 0 Å². The highest BCUT2D eigenvalue weighted by atomic mass is 16.4. The largest absolute Gasteiger partial charge is 0.342 e. The Morgan fingerprint density at radius 1 is 1.23 bits per heavy atom. The van der Waals surface area contributed by atoms with Crippen LogP contribution in [0.1, 0.15) is 20.8 Å². The standard InChI is InChI=1S/C12H17O/c1-9-11(2,3)12(9)7-5-10(13-4)6-8-12/h5-9H,1-4H3/q+1. The first-order valence-corrected chi connectivity index (χ1v) is 4.84. The van der Waals surface area contributed by atoms with E-state index in [1.165, 1.54) is 0 Å². The Morgan fingerprint density at radius 2 is 1.69 bits per heavy atom. The van der Waals surface area contributed by atoms with Gasteiger partial charge in [-0.2, -0.15) is 0 Å². The quantitative estimate of drug-likeness (QED) is 0.504. The molecule has 0 radical (unpaired) electrons. The minimum absolute atomic E-state index is 0.301. The van der Waals surface area contributed by atoms with Crippen LogP contribution in [0.5, 0.6) is 0 Å². The lowest BCUT2D eigenvalue weighted by atomic mass is 9.91. The van der Waals surface area contributed by atoms with E-state index in [2.05, 4.69) is 45.1 Å². The maximum absolute atomic E-state index is 5.16. The second-order valence-corrected chi connectivity index (χ2v) is 4.65. The van der Waals surface area contributed by atoms with Gasteiger partial charge in [-0.1, -0.05) is 32.9 Å². The Bertz CT molecular complexity index is 302. The van der Waals surface area contributed by atoms with Gasteiger partial charge in [0.25, 0.3) is 7.11 Å². The molecule has 1 nitrogen and oxygen atoms in total. The molecule has 1 spiro atoms. The summed E-state index contributed by atoms with van der Waals surface area (Å²) in [7, 11) is 1.71. The molecule has 0 amide bonds. The van der Waals surface area contributed by atoms with Crippen molar-refractivity contribution >= 4 is 5.78 Å². The van der Waals surface area contributed by atoms with E-state index in [1.54, 1.807) is 7.11 Å². The highest BCUT2D eigenvalue weighted by Gasteiger charge is 2.65. The topological polar surface area (TPSA) is 11.3 Å². The number of ketones is 1. The van der Waals surface area contributed by atoms with Crippen molar-refractivity contribution in [1.82, 2.24) is 0 Å². The molecule has 70 valence electrons. The zero-order valence-electron chi connectivity index (χ0n) is 8.79. The van der Waals surface area contributed by atoms with E-state index in [-0.39, 0.29) is 0 Å². The number of hydrogen-bond acceptors (Lipinski definition) is 0. The Balaban J connectivity index is 2.30. The van der Waals surface area contributed by atoms with Crippen LogP contribution < -0.4 is 0 Å². The number of allylic oxidation sites excluding steroid dienone is 4. The van der Waals surface area contributed by atoms with Gasteiger partial charge in [-0.3, -0.25) is 4.42 Å². The lowest BCUT2D eigenvalue weighted by Gasteiger charge is -2.11. The van der Waals surface area contributed by atoms with E-state index in [9.17, 15) is 0 Å². The molecule has 1 fully saturated rings. The van der Waals surface area contributed by atoms with Crippen LogP contribution in [-0.4, -0.2) is 12.9 Å². The maximum atomic E-state index is 5.16. The third-order valence-corrected chi connectivity index (χ3v) is 4.11. The molecule has 2 aliphatic carbocycles. The molecule has 2 rings (SSSR count). The molecule has 0 saturated heterocycles. The van der Waals surface area contributed by atoms with E-state index >= 15 is 0 Å². The summed E-state index contributed by atoms with van der Waals surface area (Å²) in [6.45, 7) is 6.96. The molecule has 2 aliphatic rings. The van der Waals surface area contributed by atoms with Gasteiger partial charge in [-0.25, -0.2) is 0 Å². The van der Waals surface area contributed by atoms with Crippen molar-refractivity contribution in [2.24, 2.45) is 16.7 Å². The lowest BCUT2D eigenvalue weighted by molar-refractivity contribution is -0.417. The summed E-state index contributed by atoms with van der Waals surface area (Å²) in [5.74, 6) is 1.70. The molecule has 0 bridgehead atoms. The molecular formula is C12H17O+. The van der Waals surface area contributed by atoms with E-state index < -0.39 is 0 Å². The molecule has 13 heavy (non-hydrogen) atoms. The zero-order chi connectivity index (χ0) is 9.69. The van der Waals surface area contributed by atoms with Gasteiger partial charge in [0.2, 0.25) is 0 Å². The summed E-state index contributed by atoms with van der Waals surface area (Å²) in [5, 5.41) is 0. The van der Waals surface area contributed by atoms with E-state index in [0.29, 0.717) is 10.8 Å². The van der Waals surface area contributed by atoms with Crippen LogP contribution in [-0.2, 0) is 4.42 Å². The molecule has 1 saturated carbocycles. The van der Waals surface area contributed by atoms with Crippen LogP contribution in [0, 0.1) is 16.7 Å². The fourth-order valence-corrected chi connectivity index (χ4v) is 2.51. The van der Waals surface area contributed by atoms with Gasteiger partial charge in [0.1, 0.15) is 0 Å². The number of carbonyl (C=O) groups excluding carboxylic acids is 1. The molecule has 0 N–H and O–H groups in total. The summed E-state index contributed by atoms with van der Waals surface area (Å²) in [5.41, 5.74) is 0.717. The van der Waals surface area contributed by atoms with Crippen molar-refractivity contribution < 1.29 is 4.42 Å². The van der Waals surface area contributed by atoms with Crippen LogP contribution in [0.2, 0.25) is 0 Å². The Kier molecular flexibility index (Phi) is 1.57. The van der Waals surface area contributed by atoms with Crippen molar-refractivity contribution in [3.63, 3.8) is 0 Å². The maximum Gasteiger partial charge on any atom is 0.342 e. The smallest absolute Gasteiger partial charge is 0.258 e. The van der Waals surface area contributed by atoms with E-state index in [4.69, 9.17) is 4.42 Å². The van der Waals surface area contributed by atoms with Gasteiger partial charge in [0.05, 0.1) is 0 Å². The normalized spacial score (nSPS) is 39.7. The molecule has 1 unspecified atom stereocenters. The zero-order valence-corrected chi connectivity index (χ0v) is 8.79. The first-order valence-electron chi connectivity index (χ1n) is 4.84. The van der Waals surface area contributed by atoms with E-state index in [0.717, 1.165) is 11.7 Å². The minimum atomic E-state index is 0.301. The summed E-state index contributed by atoms with van der Waals surface area (Å²) in [6.07, 6.45) is 8.75. The average molecular weight is 177 g/mol. The molecule has 0 aromatic heterocycles. The highest BCUT2D eigenvalue weighted by molar-refractivity contribution is 6.01. The average Bonchev–Trinajstić information content (AvgIpc) is 2.53. The van der Waals surface area contributed by atoms with Crippen LogP contribution in [0.15, 0.2) is 24.3 Å². The van der Waals surface area contributed by atoms with Gasteiger partial charge < -0.3 is 0 Å². The van der Waals surface area contributed by atoms with Crippen LogP contribution in [0.4, 0.5) is 0 Å². The molecule has 0 aromatic rings. The van der Waals surface area contributed by atoms with Crippen molar-refractivity contribution in [2.45, 2.75) is 20.8 Å². The van der Waals surface area contributed by atoms with Crippen molar-refractivity contribution in [1.29, 1.82) is 0 Å². The van der Waals surface area contributed by atoms with Crippen molar-refractivity contribution in [3.05, 3.63) is 24.3 Å². The second kappa shape index (κ2) is 2.34. The second-order valence-electron chi connectivity index (χ2n) is 4.65. The van der Waals surface area contributed by atoms with Gasteiger partial charge in [0, 0.05) is 17.6 Å². The summed E-state index contributed by atoms with van der Waals surface area (Å²) < 4.78 is 5.16. The molecular weight excluding hydrogens is 160 g/mol. The van der Waals surface area contributed by atoms with Crippen molar-refractivity contribution in [3.8, 4) is 0 Å². The molecule has 0 aromatic carbocycles. The predicted molar refractivity (Wildman–Crippen MR) is 54.6 cm³/mol. The number of rotatable bonds is 0. The minimum Gasteiger partial charge on any atom is -0.258 e. The number of hydrogen-bond donors (Lipinski definition) is 0. The van der Waals surface area contributed by atoms with Gasteiger partial charge >= 0.3 is 5.78 Å². The monoisotopic (exact) mass is 177 g/mol.